The smallest absolute Gasteiger partial charge is 0.258 e. The Morgan fingerprint density at radius 2 is 1.63 bits per heavy atom. The van der Waals surface area contributed by atoms with Crippen LogP contribution in [0.3, 0.4) is 0 Å². The summed E-state index contributed by atoms with van der Waals surface area (Å²) in [6.07, 6.45) is 0. The van der Waals surface area contributed by atoms with Gasteiger partial charge in [0.1, 0.15) is 5.82 Å². The summed E-state index contributed by atoms with van der Waals surface area (Å²) in [4.78, 5) is 35.3. The maximum Gasteiger partial charge on any atom is 0.258 e. The van der Waals surface area contributed by atoms with Gasteiger partial charge in [-0.25, -0.2) is 17.7 Å². The van der Waals surface area contributed by atoms with Gasteiger partial charge in [0, 0.05) is 26.2 Å². The Morgan fingerprint density at radius 3 is 2.34 bits per heavy atom. The predicted octanol–water partition coefficient (Wildman–Crippen LogP) is 3.32. The number of fused-ring (bicyclic) bond motifs is 1. The first-order valence-electron chi connectivity index (χ1n) is 11.0. The second kappa shape index (κ2) is 9.81. The van der Waals surface area contributed by atoms with Gasteiger partial charge in [-0.1, -0.05) is 48.5 Å². The van der Waals surface area contributed by atoms with E-state index in [9.17, 15) is 18.0 Å². The zero-order chi connectivity index (χ0) is 25.2. The van der Waals surface area contributed by atoms with Crippen molar-refractivity contribution in [1.29, 1.82) is 0 Å². The highest BCUT2D eigenvalue weighted by Gasteiger charge is 2.24. The molecule has 0 aliphatic rings. The van der Waals surface area contributed by atoms with Gasteiger partial charge < -0.3 is 9.88 Å². The van der Waals surface area contributed by atoms with Gasteiger partial charge in [0.05, 0.1) is 22.3 Å². The molecule has 4 aromatic rings. The Bertz CT molecular complexity index is 1550. The minimum atomic E-state index is -3.72. The SMILES string of the molecule is Cc1ccc(S(=O)(=O)N(C)C)cc1C(=O)N(Cc1ccccc1)Cc1nc2ccccc2c(=O)[nH]1. The van der Waals surface area contributed by atoms with Crippen LogP contribution in [0.2, 0.25) is 0 Å². The number of sulfonamides is 1. The minimum Gasteiger partial charge on any atom is -0.327 e. The Kier molecular flexibility index (Phi) is 6.81. The van der Waals surface area contributed by atoms with Crippen LogP contribution in [-0.4, -0.2) is 47.6 Å². The number of aromatic amines is 1. The van der Waals surface area contributed by atoms with E-state index >= 15 is 0 Å². The van der Waals surface area contributed by atoms with Crippen molar-refractivity contribution in [1.82, 2.24) is 19.2 Å². The average molecular weight is 491 g/mol. The lowest BCUT2D eigenvalue weighted by atomic mass is 10.1. The van der Waals surface area contributed by atoms with Crippen molar-refractivity contribution in [2.24, 2.45) is 0 Å². The molecule has 0 atom stereocenters. The average Bonchev–Trinajstić information content (AvgIpc) is 2.84. The van der Waals surface area contributed by atoms with Gasteiger partial charge in [-0.15, -0.1) is 0 Å². The third-order valence-electron chi connectivity index (χ3n) is 5.72. The Hall–Kier alpha value is -3.82. The number of amides is 1. The normalized spacial score (nSPS) is 11.7. The number of hydrogen-bond donors (Lipinski definition) is 1. The summed E-state index contributed by atoms with van der Waals surface area (Å²) >= 11 is 0. The molecule has 4 rings (SSSR count). The summed E-state index contributed by atoms with van der Waals surface area (Å²) < 4.78 is 26.5. The summed E-state index contributed by atoms with van der Waals surface area (Å²) in [5.74, 6) is -0.0225. The Balaban J connectivity index is 1.76. The molecule has 1 amide bonds. The van der Waals surface area contributed by atoms with Crippen molar-refractivity contribution in [2.45, 2.75) is 24.9 Å². The van der Waals surface area contributed by atoms with E-state index in [-0.39, 0.29) is 35.0 Å². The lowest BCUT2D eigenvalue weighted by molar-refractivity contribution is 0.0724. The molecule has 0 aliphatic carbocycles. The predicted molar refractivity (Wildman–Crippen MR) is 134 cm³/mol. The molecule has 0 unspecified atom stereocenters. The molecule has 0 saturated carbocycles. The third kappa shape index (κ3) is 5.16. The van der Waals surface area contributed by atoms with Crippen LogP contribution < -0.4 is 5.56 Å². The number of hydrogen-bond acceptors (Lipinski definition) is 5. The lowest BCUT2D eigenvalue weighted by Gasteiger charge is -2.24. The quantitative estimate of drug-likeness (QED) is 0.428. The molecule has 8 nitrogen and oxygen atoms in total. The molecule has 0 radical (unpaired) electrons. The largest absolute Gasteiger partial charge is 0.327 e. The van der Waals surface area contributed by atoms with Crippen LogP contribution in [-0.2, 0) is 23.1 Å². The molecule has 1 aromatic heterocycles. The molecule has 180 valence electrons. The molecular weight excluding hydrogens is 464 g/mol. The standard InChI is InChI=1S/C26H26N4O4S/c1-18-13-14-20(35(33,34)29(2)3)15-22(18)26(32)30(16-19-9-5-4-6-10-19)17-24-27-23-12-8-7-11-21(23)25(31)28-24/h4-15H,16-17H2,1-3H3,(H,27,28,31). The van der Waals surface area contributed by atoms with E-state index in [0.717, 1.165) is 9.87 Å². The van der Waals surface area contributed by atoms with Crippen molar-refractivity contribution < 1.29 is 13.2 Å². The molecule has 3 aromatic carbocycles. The first-order valence-corrected chi connectivity index (χ1v) is 12.4. The number of carbonyl (C=O) groups is 1. The van der Waals surface area contributed by atoms with E-state index in [1.165, 1.54) is 26.2 Å². The number of rotatable bonds is 7. The summed E-state index contributed by atoms with van der Waals surface area (Å²) in [5, 5.41) is 0.467. The number of nitrogens with zero attached hydrogens (tertiary/aromatic N) is 3. The van der Waals surface area contributed by atoms with Crippen LogP contribution in [0.1, 0.15) is 27.3 Å². The third-order valence-corrected chi connectivity index (χ3v) is 7.54. The summed E-state index contributed by atoms with van der Waals surface area (Å²) in [6.45, 7) is 2.05. The summed E-state index contributed by atoms with van der Waals surface area (Å²) in [7, 11) is -0.831. The first kappa shape index (κ1) is 24.3. The number of benzene rings is 3. The van der Waals surface area contributed by atoms with Crippen molar-refractivity contribution in [3.8, 4) is 0 Å². The van der Waals surface area contributed by atoms with E-state index in [1.54, 1.807) is 42.2 Å². The highest BCUT2D eigenvalue weighted by molar-refractivity contribution is 7.89. The zero-order valence-electron chi connectivity index (χ0n) is 19.7. The highest BCUT2D eigenvalue weighted by Crippen LogP contribution is 2.21. The molecule has 0 aliphatic heterocycles. The van der Waals surface area contributed by atoms with Crippen molar-refractivity contribution in [2.75, 3.05) is 14.1 Å². The van der Waals surface area contributed by atoms with E-state index in [1.807, 2.05) is 30.3 Å². The zero-order valence-corrected chi connectivity index (χ0v) is 20.5. The van der Waals surface area contributed by atoms with Crippen LogP contribution >= 0.6 is 0 Å². The van der Waals surface area contributed by atoms with Gasteiger partial charge in [-0.05, 0) is 42.3 Å². The van der Waals surface area contributed by atoms with Crippen LogP contribution in [0.15, 0.2) is 82.5 Å². The van der Waals surface area contributed by atoms with Gasteiger partial charge in [0.2, 0.25) is 10.0 Å². The molecule has 0 spiro atoms. The van der Waals surface area contributed by atoms with E-state index in [4.69, 9.17) is 0 Å². The number of para-hydroxylation sites is 1. The number of carbonyl (C=O) groups excluding carboxylic acids is 1. The molecule has 0 saturated heterocycles. The fourth-order valence-corrected chi connectivity index (χ4v) is 4.70. The van der Waals surface area contributed by atoms with Crippen molar-refractivity contribution in [3.05, 3.63) is 106 Å². The van der Waals surface area contributed by atoms with Crippen LogP contribution in [0.5, 0.6) is 0 Å². The summed E-state index contributed by atoms with van der Waals surface area (Å²) in [6, 6.07) is 21.0. The van der Waals surface area contributed by atoms with E-state index in [2.05, 4.69) is 9.97 Å². The highest BCUT2D eigenvalue weighted by atomic mass is 32.2. The topological polar surface area (TPSA) is 103 Å². The van der Waals surface area contributed by atoms with Crippen LogP contribution in [0, 0.1) is 6.92 Å². The molecule has 9 heteroatoms. The van der Waals surface area contributed by atoms with Crippen molar-refractivity contribution in [3.63, 3.8) is 0 Å². The fraction of sp³-hybridized carbons (Fsp3) is 0.192. The minimum absolute atomic E-state index is 0.0355. The molecule has 1 heterocycles. The van der Waals surface area contributed by atoms with Crippen LogP contribution in [0.4, 0.5) is 0 Å². The number of aryl methyl sites for hydroxylation is 1. The van der Waals surface area contributed by atoms with Gasteiger partial charge in [0.15, 0.2) is 0 Å². The van der Waals surface area contributed by atoms with E-state index < -0.39 is 10.0 Å². The van der Waals surface area contributed by atoms with Gasteiger partial charge in [0.25, 0.3) is 11.5 Å². The lowest BCUT2D eigenvalue weighted by Crippen LogP contribution is -2.32. The van der Waals surface area contributed by atoms with Crippen LogP contribution in [0.25, 0.3) is 10.9 Å². The Morgan fingerprint density at radius 1 is 0.943 bits per heavy atom. The maximum absolute atomic E-state index is 13.8. The fourth-order valence-electron chi connectivity index (χ4n) is 3.77. The number of aromatic nitrogens is 2. The Labute approximate surface area is 203 Å². The van der Waals surface area contributed by atoms with Gasteiger partial charge in [-0.2, -0.15) is 0 Å². The van der Waals surface area contributed by atoms with Crippen molar-refractivity contribution >= 4 is 26.8 Å². The summed E-state index contributed by atoms with van der Waals surface area (Å²) in [5.41, 5.74) is 2.05. The van der Waals surface area contributed by atoms with E-state index in [0.29, 0.717) is 22.3 Å². The molecule has 35 heavy (non-hydrogen) atoms. The molecular formula is C26H26N4O4S. The second-order valence-corrected chi connectivity index (χ2v) is 10.6. The molecule has 0 bridgehead atoms. The number of H-pyrrole nitrogens is 1. The van der Waals surface area contributed by atoms with Gasteiger partial charge in [-0.3, -0.25) is 9.59 Å². The molecule has 0 fully saturated rings. The number of nitrogens with one attached hydrogen (secondary N) is 1. The maximum atomic E-state index is 13.8. The molecule has 1 N–H and O–H groups in total. The first-order chi connectivity index (χ1) is 16.7. The monoisotopic (exact) mass is 490 g/mol. The second-order valence-electron chi connectivity index (χ2n) is 8.44. The van der Waals surface area contributed by atoms with Gasteiger partial charge >= 0.3 is 0 Å².